The molecule has 1 fully saturated rings. The maximum atomic E-state index is 12.6. The lowest BCUT2D eigenvalue weighted by Crippen LogP contribution is -2.39. The highest BCUT2D eigenvalue weighted by Crippen LogP contribution is 2.35. The van der Waals surface area contributed by atoms with Crippen molar-refractivity contribution in [2.45, 2.75) is 18.5 Å². The minimum Gasteiger partial charge on any atom is -0.495 e. The summed E-state index contributed by atoms with van der Waals surface area (Å²) in [4.78, 5) is 25.0. The molecule has 4 rings (SSSR count). The molecule has 0 aromatic heterocycles. The lowest BCUT2D eigenvalue weighted by molar-refractivity contribution is -0.113. The van der Waals surface area contributed by atoms with Crippen molar-refractivity contribution in [3.8, 4) is 5.75 Å². The lowest BCUT2D eigenvalue weighted by atomic mass is 9.99. The number of carbonyl (C=O) groups excluding carboxylic acids is 1. The van der Waals surface area contributed by atoms with Crippen LogP contribution in [0.4, 0.5) is 5.69 Å². The Hall–Kier alpha value is -1.87. The van der Waals surface area contributed by atoms with Crippen LogP contribution in [-0.4, -0.2) is 60.2 Å². The first-order valence-corrected chi connectivity index (χ1v) is 12.4. The third kappa shape index (κ3) is 5.36. The minimum atomic E-state index is -0.419. The Labute approximate surface area is 205 Å². The highest BCUT2D eigenvalue weighted by molar-refractivity contribution is 9.10. The van der Waals surface area contributed by atoms with Crippen LogP contribution in [-0.2, 0) is 4.79 Å². The third-order valence-electron chi connectivity index (χ3n) is 5.51. The molecule has 1 amide bonds. The number of aliphatic imine (C=N–C) groups is 2. The van der Waals surface area contributed by atoms with Crippen molar-refractivity contribution in [2.24, 2.45) is 9.98 Å². The van der Waals surface area contributed by atoms with E-state index in [4.69, 9.17) is 26.3 Å². The molecule has 168 valence electrons. The molecule has 0 radical (unpaired) electrons. The summed E-state index contributed by atoms with van der Waals surface area (Å²) in [6, 6.07) is 13.2. The average molecular weight is 536 g/mol. The molecule has 0 saturated carbocycles. The van der Waals surface area contributed by atoms with Gasteiger partial charge in [-0.1, -0.05) is 51.4 Å². The van der Waals surface area contributed by atoms with Crippen molar-refractivity contribution in [1.29, 1.82) is 0 Å². The van der Waals surface area contributed by atoms with Crippen LogP contribution in [0, 0.1) is 0 Å². The monoisotopic (exact) mass is 534 g/mol. The van der Waals surface area contributed by atoms with Gasteiger partial charge in [-0.2, -0.15) is 0 Å². The fourth-order valence-corrected chi connectivity index (χ4v) is 5.09. The van der Waals surface area contributed by atoms with E-state index in [0.717, 1.165) is 46.7 Å². The van der Waals surface area contributed by atoms with Crippen LogP contribution < -0.4 is 10.1 Å². The maximum Gasteiger partial charge on any atom is 0.234 e. The number of anilines is 1. The van der Waals surface area contributed by atoms with E-state index in [1.807, 2.05) is 24.3 Å². The van der Waals surface area contributed by atoms with Crippen LogP contribution >= 0.6 is 39.3 Å². The van der Waals surface area contributed by atoms with E-state index < -0.39 is 5.66 Å². The second-order valence-electron chi connectivity index (χ2n) is 7.86. The Morgan fingerprint density at radius 1 is 1.22 bits per heavy atom. The maximum absolute atomic E-state index is 12.6. The van der Waals surface area contributed by atoms with Crippen LogP contribution in [0.15, 0.2) is 56.9 Å². The van der Waals surface area contributed by atoms with Gasteiger partial charge in [-0.15, -0.1) is 0 Å². The van der Waals surface area contributed by atoms with Gasteiger partial charge in [0, 0.05) is 41.7 Å². The van der Waals surface area contributed by atoms with Crippen molar-refractivity contribution in [3.05, 3.63) is 57.5 Å². The third-order valence-corrected chi connectivity index (χ3v) is 7.30. The molecule has 0 aliphatic carbocycles. The van der Waals surface area contributed by atoms with Crippen LogP contribution in [0.2, 0.25) is 5.02 Å². The number of carbonyl (C=O) groups is 1. The predicted molar refractivity (Wildman–Crippen MR) is 137 cm³/mol. The number of thioether (sulfide) groups is 1. The van der Waals surface area contributed by atoms with E-state index >= 15 is 0 Å². The van der Waals surface area contributed by atoms with Crippen LogP contribution in [0.25, 0.3) is 0 Å². The zero-order valence-corrected chi connectivity index (χ0v) is 21.1. The van der Waals surface area contributed by atoms with Crippen molar-refractivity contribution < 1.29 is 9.53 Å². The number of ether oxygens (including phenoxy) is 1. The molecule has 32 heavy (non-hydrogen) atoms. The Kier molecular flexibility index (Phi) is 7.24. The molecular weight excluding hydrogens is 512 g/mol. The average Bonchev–Trinajstić information content (AvgIpc) is 3.13. The Morgan fingerprint density at radius 3 is 2.59 bits per heavy atom. The number of benzene rings is 2. The first-order valence-electron chi connectivity index (χ1n) is 10.3. The topological polar surface area (TPSA) is 66.3 Å². The molecule has 0 bridgehead atoms. The van der Waals surface area contributed by atoms with Gasteiger partial charge >= 0.3 is 0 Å². The Morgan fingerprint density at radius 2 is 1.94 bits per heavy atom. The Balaban J connectivity index is 1.48. The van der Waals surface area contributed by atoms with E-state index in [-0.39, 0.29) is 11.7 Å². The zero-order chi connectivity index (χ0) is 22.7. The summed E-state index contributed by atoms with van der Waals surface area (Å²) in [5.74, 6) is 0.671. The number of nitrogens with zero attached hydrogens (tertiary/aromatic N) is 3. The number of halogens is 2. The van der Waals surface area contributed by atoms with Crippen LogP contribution in [0.1, 0.15) is 18.4 Å². The highest BCUT2D eigenvalue weighted by atomic mass is 79.9. The number of hydrogen-bond acceptors (Lipinski definition) is 6. The lowest BCUT2D eigenvalue weighted by Gasteiger charge is -2.33. The standard InChI is InChI=1S/C23H24BrClN4O2S/c1-29-11-9-23(10-12-29)27-21(15-3-5-16(24)6-4-15)22(28-23)32-14-20(30)26-17-7-8-19(31-2)18(25)13-17/h3-8,13H,9-12,14H2,1-2H3,(H,26,30). The molecule has 6 nitrogen and oxygen atoms in total. The number of amides is 1. The molecule has 0 atom stereocenters. The van der Waals surface area contributed by atoms with Crippen molar-refractivity contribution in [1.82, 2.24) is 4.90 Å². The van der Waals surface area contributed by atoms with Gasteiger partial charge in [0.05, 0.1) is 23.6 Å². The SMILES string of the molecule is COc1ccc(NC(=O)CSC2=NC3(CCN(C)CC3)N=C2c2ccc(Br)cc2)cc1Cl. The molecule has 1 N–H and O–H groups in total. The second kappa shape index (κ2) is 9.95. The molecular formula is C23H24BrClN4O2S. The fourth-order valence-electron chi connectivity index (χ4n) is 3.69. The number of piperidine rings is 1. The van der Waals surface area contributed by atoms with Gasteiger partial charge in [0.25, 0.3) is 0 Å². The van der Waals surface area contributed by atoms with E-state index in [2.05, 4.69) is 33.2 Å². The van der Waals surface area contributed by atoms with Gasteiger partial charge in [0.1, 0.15) is 10.8 Å². The Bertz CT molecular complexity index is 1070. The number of nitrogens with one attached hydrogen (secondary N) is 1. The molecule has 2 aliphatic rings. The van der Waals surface area contributed by atoms with Gasteiger partial charge in [0.15, 0.2) is 5.66 Å². The fraction of sp³-hybridized carbons (Fsp3) is 0.348. The normalized spacial score (nSPS) is 17.8. The quantitative estimate of drug-likeness (QED) is 0.578. The molecule has 2 aliphatic heterocycles. The first-order chi connectivity index (χ1) is 15.4. The largest absolute Gasteiger partial charge is 0.495 e. The van der Waals surface area contributed by atoms with Crippen molar-refractivity contribution >= 4 is 61.6 Å². The zero-order valence-electron chi connectivity index (χ0n) is 17.9. The van der Waals surface area contributed by atoms with E-state index in [1.165, 1.54) is 11.8 Å². The predicted octanol–water partition coefficient (Wildman–Crippen LogP) is 5.11. The summed E-state index contributed by atoms with van der Waals surface area (Å²) in [5.41, 5.74) is 2.09. The number of methoxy groups -OCH3 is 1. The second-order valence-corrected chi connectivity index (χ2v) is 10.1. The van der Waals surface area contributed by atoms with Gasteiger partial charge in [-0.25, -0.2) is 4.99 Å². The van der Waals surface area contributed by atoms with Gasteiger partial charge in [-0.05, 0) is 37.4 Å². The van der Waals surface area contributed by atoms with Crippen molar-refractivity contribution in [3.63, 3.8) is 0 Å². The minimum absolute atomic E-state index is 0.126. The number of likely N-dealkylation sites (tertiary alicyclic amines) is 1. The molecule has 1 saturated heterocycles. The summed E-state index contributed by atoms with van der Waals surface area (Å²) in [5, 5.41) is 4.16. The summed E-state index contributed by atoms with van der Waals surface area (Å²) in [6.45, 7) is 1.91. The summed E-state index contributed by atoms with van der Waals surface area (Å²) in [7, 11) is 3.68. The summed E-state index contributed by atoms with van der Waals surface area (Å²) in [6.07, 6.45) is 1.76. The molecule has 2 heterocycles. The van der Waals surface area contributed by atoms with E-state index in [1.54, 1.807) is 25.3 Å². The van der Waals surface area contributed by atoms with Gasteiger partial charge in [0.2, 0.25) is 5.91 Å². The summed E-state index contributed by atoms with van der Waals surface area (Å²) >= 11 is 11.1. The first kappa shape index (κ1) is 23.3. The molecule has 9 heteroatoms. The highest BCUT2D eigenvalue weighted by Gasteiger charge is 2.39. The smallest absolute Gasteiger partial charge is 0.234 e. The summed E-state index contributed by atoms with van der Waals surface area (Å²) < 4.78 is 6.17. The molecule has 1 spiro atoms. The van der Waals surface area contributed by atoms with Crippen LogP contribution in [0.5, 0.6) is 5.75 Å². The molecule has 0 unspecified atom stereocenters. The van der Waals surface area contributed by atoms with E-state index in [0.29, 0.717) is 16.5 Å². The molecule has 2 aromatic rings. The van der Waals surface area contributed by atoms with E-state index in [9.17, 15) is 4.79 Å². The number of hydrogen-bond donors (Lipinski definition) is 1. The van der Waals surface area contributed by atoms with Gasteiger partial charge < -0.3 is 15.0 Å². The van der Waals surface area contributed by atoms with Gasteiger partial charge in [-0.3, -0.25) is 9.79 Å². The number of rotatable bonds is 5. The molecule has 2 aromatic carbocycles. The van der Waals surface area contributed by atoms with Crippen molar-refractivity contribution in [2.75, 3.05) is 38.3 Å². The van der Waals surface area contributed by atoms with Crippen LogP contribution in [0.3, 0.4) is 0 Å².